The molecule has 3 heteroatoms. The van der Waals surface area contributed by atoms with E-state index in [2.05, 4.69) is 26.5 Å². The Bertz CT molecular complexity index is 776. The maximum absolute atomic E-state index is 4.44. The molecule has 17 heavy (non-hydrogen) atoms. The lowest BCUT2D eigenvalue weighted by atomic mass is 10.1. The predicted octanol–water partition coefficient (Wildman–Crippen LogP) is 3.04. The molecule has 0 saturated carbocycles. The molecule has 0 bridgehead atoms. The standard InChI is InChI=1S/C14H9N3/c1-2-4-11-10(3-1)12-9-15-6-5-13(12)17-8-7-16-14(11)17/h1-9H. The molecular weight excluding hydrogens is 210 g/mol. The van der Waals surface area contributed by atoms with Crippen molar-refractivity contribution < 1.29 is 0 Å². The van der Waals surface area contributed by atoms with Crippen molar-refractivity contribution in [1.82, 2.24) is 14.4 Å². The largest absolute Gasteiger partial charge is 0.299 e. The fourth-order valence-electron chi connectivity index (χ4n) is 2.41. The molecule has 0 aliphatic rings. The minimum Gasteiger partial charge on any atom is -0.299 e. The van der Waals surface area contributed by atoms with Crippen LogP contribution in [0.25, 0.3) is 27.3 Å². The lowest BCUT2D eigenvalue weighted by molar-refractivity contribution is 1.25. The van der Waals surface area contributed by atoms with Crippen LogP contribution in [0.4, 0.5) is 0 Å². The monoisotopic (exact) mass is 219 g/mol. The van der Waals surface area contributed by atoms with Gasteiger partial charge in [-0.15, -0.1) is 0 Å². The fourth-order valence-corrected chi connectivity index (χ4v) is 2.41. The van der Waals surface area contributed by atoms with Crippen LogP contribution in [0.15, 0.2) is 55.1 Å². The zero-order valence-corrected chi connectivity index (χ0v) is 9.04. The van der Waals surface area contributed by atoms with E-state index in [1.807, 2.05) is 43.0 Å². The van der Waals surface area contributed by atoms with Gasteiger partial charge in [0.05, 0.1) is 5.52 Å². The lowest BCUT2D eigenvalue weighted by Crippen LogP contribution is -1.90. The first-order chi connectivity index (χ1) is 8.45. The number of hydrogen-bond acceptors (Lipinski definition) is 2. The van der Waals surface area contributed by atoms with Gasteiger partial charge in [0.1, 0.15) is 5.65 Å². The number of hydrogen-bond donors (Lipinski definition) is 0. The van der Waals surface area contributed by atoms with Crippen LogP contribution in [0, 0.1) is 0 Å². The Hall–Kier alpha value is -2.42. The minimum absolute atomic E-state index is 0.999. The van der Waals surface area contributed by atoms with Crippen molar-refractivity contribution in [1.29, 1.82) is 0 Å². The van der Waals surface area contributed by atoms with Gasteiger partial charge >= 0.3 is 0 Å². The first kappa shape index (κ1) is 8.70. The van der Waals surface area contributed by atoms with Gasteiger partial charge in [0.25, 0.3) is 0 Å². The highest BCUT2D eigenvalue weighted by molar-refractivity contribution is 6.11. The molecule has 0 atom stereocenters. The summed E-state index contributed by atoms with van der Waals surface area (Å²) >= 11 is 0. The van der Waals surface area contributed by atoms with E-state index in [4.69, 9.17) is 0 Å². The predicted molar refractivity (Wildman–Crippen MR) is 68.0 cm³/mol. The smallest absolute Gasteiger partial charge is 0.145 e. The summed E-state index contributed by atoms with van der Waals surface area (Å²) < 4.78 is 2.11. The molecule has 0 saturated heterocycles. The molecule has 3 nitrogen and oxygen atoms in total. The number of pyridine rings is 2. The number of fused-ring (bicyclic) bond motifs is 6. The van der Waals surface area contributed by atoms with Gasteiger partial charge in [-0.1, -0.05) is 24.3 Å². The van der Waals surface area contributed by atoms with Gasteiger partial charge in [0.2, 0.25) is 0 Å². The van der Waals surface area contributed by atoms with E-state index in [-0.39, 0.29) is 0 Å². The van der Waals surface area contributed by atoms with Crippen molar-refractivity contribution in [3.05, 3.63) is 55.1 Å². The highest BCUT2D eigenvalue weighted by Gasteiger charge is 2.07. The summed E-state index contributed by atoms with van der Waals surface area (Å²) in [6.45, 7) is 0. The van der Waals surface area contributed by atoms with Crippen molar-refractivity contribution in [2.75, 3.05) is 0 Å². The van der Waals surface area contributed by atoms with Crippen LogP contribution in [-0.4, -0.2) is 14.4 Å². The summed E-state index contributed by atoms with van der Waals surface area (Å²) in [7, 11) is 0. The van der Waals surface area contributed by atoms with Crippen LogP contribution in [0.3, 0.4) is 0 Å². The average molecular weight is 219 g/mol. The summed E-state index contributed by atoms with van der Waals surface area (Å²) in [5.41, 5.74) is 2.14. The zero-order chi connectivity index (χ0) is 11.2. The summed E-state index contributed by atoms with van der Waals surface area (Å²) in [5, 5.41) is 3.53. The fraction of sp³-hybridized carbons (Fsp3) is 0. The summed E-state index contributed by atoms with van der Waals surface area (Å²) in [6, 6.07) is 10.3. The van der Waals surface area contributed by atoms with Gasteiger partial charge in [-0.25, -0.2) is 4.98 Å². The van der Waals surface area contributed by atoms with E-state index >= 15 is 0 Å². The molecule has 0 fully saturated rings. The van der Waals surface area contributed by atoms with Crippen LogP contribution in [0.2, 0.25) is 0 Å². The molecule has 3 aromatic heterocycles. The minimum atomic E-state index is 0.999. The van der Waals surface area contributed by atoms with Crippen molar-refractivity contribution in [3.63, 3.8) is 0 Å². The topological polar surface area (TPSA) is 30.2 Å². The van der Waals surface area contributed by atoms with Crippen LogP contribution in [-0.2, 0) is 0 Å². The molecule has 0 unspecified atom stereocenters. The van der Waals surface area contributed by atoms with E-state index in [1.54, 1.807) is 0 Å². The van der Waals surface area contributed by atoms with E-state index < -0.39 is 0 Å². The molecule has 0 amide bonds. The Labute approximate surface area is 97.4 Å². The Morgan fingerprint density at radius 3 is 2.71 bits per heavy atom. The number of aromatic nitrogens is 3. The van der Waals surface area contributed by atoms with Crippen LogP contribution in [0.1, 0.15) is 0 Å². The molecule has 0 radical (unpaired) electrons. The van der Waals surface area contributed by atoms with Gasteiger partial charge in [0.15, 0.2) is 0 Å². The second-order valence-corrected chi connectivity index (χ2v) is 4.06. The molecule has 0 aliphatic carbocycles. The molecule has 80 valence electrons. The van der Waals surface area contributed by atoms with Gasteiger partial charge in [-0.3, -0.25) is 9.38 Å². The van der Waals surface area contributed by atoms with E-state index in [9.17, 15) is 0 Å². The summed E-state index contributed by atoms with van der Waals surface area (Å²) in [5.74, 6) is 0. The van der Waals surface area contributed by atoms with E-state index in [0.717, 1.165) is 21.9 Å². The van der Waals surface area contributed by atoms with Gasteiger partial charge < -0.3 is 0 Å². The quantitative estimate of drug-likeness (QED) is 0.425. The number of imidazole rings is 1. The van der Waals surface area contributed by atoms with Crippen molar-refractivity contribution >= 4 is 27.3 Å². The van der Waals surface area contributed by atoms with Crippen molar-refractivity contribution in [2.24, 2.45) is 0 Å². The zero-order valence-electron chi connectivity index (χ0n) is 9.04. The lowest BCUT2D eigenvalue weighted by Gasteiger charge is -2.06. The first-order valence-corrected chi connectivity index (χ1v) is 5.52. The average Bonchev–Trinajstić information content (AvgIpc) is 2.89. The number of nitrogens with zero attached hydrogens (tertiary/aromatic N) is 3. The first-order valence-electron chi connectivity index (χ1n) is 5.52. The van der Waals surface area contributed by atoms with Crippen molar-refractivity contribution in [3.8, 4) is 0 Å². The normalized spacial score (nSPS) is 11.5. The van der Waals surface area contributed by atoms with E-state index in [1.165, 1.54) is 5.39 Å². The maximum Gasteiger partial charge on any atom is 0.145 e. The summed E-state index contributed by atoms with van der Waals surface area (Å²) in [6.07, 6.45) is 7.55. The molecule has 0 N–H and O–H groups in total. The van der Waals surface area contributed by atoms with Gasteiger partial charge in [-0.2, -0.15) is 0 Å². The Morgan fingerprint density at radius 1 is 0.882 bits per heavy atom. The molecule has 0 aliphatic heterocycles. The van der Waals surface area contributed by atoms with Crippen molar-refractivity contribution in [2.45, 2.75) is 0 Å². The van der Waals surface area contributed by atoms with Crippen LogP contribution < -0.4 is 0 Å². The molecule has 4 aromatic rings. The third-order valence-corrected chi connectivity index (χ3v) is 3.16. The third-order valence-electron chi connectivity index (χ3n) is 3.16. The number of benzene rings is 1. The molecule has 0 spiro atoms. The van der Waals surface area contributed by atoms with Crippen LogP contribution in [0.5, 0.6) is 0 Å². The van der Waals surface area contributed by atoms with Gasteiger partial charge in [-0.05, 0) is 11.5 Å². The SMILES string of the molecule is c1ccc2c(c1)c1cnccc1n1ccnc21. The second-order valence-electron chi connectivity index (χ2n) is 4.06. The number of rotatable bonds is 0. The highest BCUT2D eigenvalue weighted by Crippen LogP contribution is 2.27. The molecule has 3 heterocycles. The summed E-state index contributed by atoms with van der Waals surface area (Å²) in [4.78, 5) is 8.66. The van der Waals surface area contributed by atoms with Crippen LogP contribution >= 0.6 is 0 Å². The third kappa shape index (κ3) is 1.05. The maximum atomic E-state index is 4.44. The molecule has 4 rings (SSSR count). The Kier molecular flexibility index (Phi) is 1.56. The Morgan fingerprint density at radius 2 is 1.76 bits per heavy atom. The highest BCUT2D eigenvalue weighted by atomic mass is 15.0. The second kappa shape index (κ2) is 3.04. The molecular formula is C14H9N3. The van der Waals surface area contributed by atoms with Gasteiger partial charge in [0, 0.05) is 35.6 Å². The molecule has 1 aromatic carbocycles. The Balaban J connectivity index is 2.48. The van der Waals surface area contributed by atoms with E-state index in [0.29, 0.717) is 0 Å².